The molecule has 0 aliphatic heterocycles. The minimum Gasteiger partial charge on any atom is -0.394 e. The lowest BCUT2D eigenvalue weighted by Crippen LogP contribution is -2.23. The Morgan fingerprint density at radius 3 is 2.69 bits per heavy atom. The molecule has 6 heteroatoms. The lowest BCUT2D eigenvalue weighted by molar-refractivity contribution is 0.105. The largest absolute Gasteiger partial charge is 0.394 e. The zero-order valence-corrected chi connectivity index (χ0v) is 12.5. The molecule has 0 spiro atoms. The van der Waals surface area contributed by atoms with Crippen molar-refractivity contribution in [3.63, 3.8) is 0 Å². The van der Waals surface area contributed by atoms with Crippen LogP contribution in [0.5, 0.6) is 0 Å². The molecule has 0 amide bonds. The van der Waals surface area contributed by atoms with Gasteiger partial charge in [0.1, 0.15) is 0 Å². The zero-order chi connectivity index (χ0) is 12.3. The van der Waals surface area contributed by atoms with E-state index < -0.39 is 6.10 Å². The van der Waals surface area contributed by atoms with E-state index in [-0.39, 0.29) is 13.2 Å². The Morgan fingerprint density at radius 2 is 2.12 bits per heavy atom. The summed E-state index contributed by atoms with van der Waals surface area (Å²) in [5.41, 5.74) is 1.81. The highest BCUT2D eigenvalue weighted by Gasteiger charge is 2.12. The molecule has 3 nitrogen and oxygen atoms in total. The average Bonchev–Trinajstić information content (AvgIpc) is 2.25. The van der Waals surface area contributed by atoms with Gasteiger partial charge >= 0.3 is 0 Å². The fourth-order valence-corrected chi connectivity index (χ4v) is 2.84. The molecule has 1 rings (SSSR count). The van der Waals surface area contributed by atoms with Crippen LogP contribution in [0.2, 0.25) is 5.02 Å². The first-order chi connectivity index (χ1) is 7.47. The van der Waals surface area contributed by atoms with Crippen molar-refractivity contribution in [3.05, 3.63) is 25.6 Å². The van der Waals surface area contributed by atoms with Crippen LogP contribution in [0.15, 0.2) is 15.0 Å². The molecule has 1 aromatic rings. The minimum absolute atomic E-state index is 0.270. The molecule has 0 aliphatic carbocycles. The Hall–Kier alpha value is 0.190. The molecule has 16 heavy (non-hydrogen) atoms. The first kappa shape index (κ1) is 14.3. The number of halogens is 3. The second-order valence-corrected chi connectivity index (χ2v) is 5.42. The number of aliphatic hydroxyl groups is 2. The van der Waals surface area contributed by atoms with Crippen LogP contribution >= 0.6 is 43.5 Å². The van der Waals surface area contributed by atoms with E-state index in [0.717, 1.165) is 20.2 Å². The van der Waals surface area contributed by atoms with Crippen molar-refractivity contribution in [1.82, 2.24) is 0 Å². The smallest absolute Gasteiger partial charge is 0.0942 e. The van der Waals surface area contributed by atoms with Gasteiger partial charge in [-0.25, -0.2) is 0 Å². The summed E-state index contributed by atoms with van der Waals surface area (Å²) in [5.74, 6) is 0. The second-order valence-electron chi connectivity index (χ2n) is 3.40. The molecular formula is C10H12Br2ClNO2. The van der Waals surface area contributed by atoms with Gasteiger partial charge < -0.3 is 15.5 Å². The normalized spacial score (nSPS) is 12.6. The first-order valence-corrected chi connectivity index (χ1v) is 6.60. The van der Waals surface area contributed by atoms with Gasteiger partial charge in [0.05, 0.1) is 27.9 Å². The number of hydrogen-bond donors (Lipinski definition) is 3. The number of nitrogens with one attached hydrogen (secondary N) is 1. The van der Waals surface area contributed by atoms with Crippen molar-refractivity contribution in [1.29, 1.82) is 0 Å². The van der Waals surface area contributed by atoms with E-state index in [1.807, 2.05) is 13.0 Å². The summed E-state index contributed by atoms with van der Waals surface area (Å²) < 4.78 is 1.55. The van der Waals surface area contributed by atoms with Crippen LogP contribution in [0, 0.1) is 6.92 Å². The third kappa shape index (κ3) is 3.34. The van der Waals surface area contributed by atoms with E-state index in [1.54, 1.807) is 0 Å². The van der Waals surface area contributed by atoms with Crippen LogP contribution in [0.1, 0.15) is 5.56 Å². The van der Waals surface area contributed by atoms with Gasteiger partial charge in [-0.15, -0.1) is 0 Å². The van der Waals surface area contributed by atoms with E-state index in [1.165, 1.54) is 0 Å². The van der Waals surface area contributed by atoms with Gasteiger partial charge in [0.2, 0.25) is 0 Å². The summed E-state index contributed by atoms with van der Waals surface area (Å²) in [6, 6.07) is 1.89. The molecule has 3 N–H and O–H groups in total. The summed E-state index contributed by atoms with van der Waals surface area (Å²) in [7, 11) is 0. The Morgan fingerprint density at radius 1 is 1.50 bits per heavy atom. The van der Waals surface area contributed by atoms with Crippen LogP contribution < -0.4 is 5.32 Å². The number of aliphatic hydroxyl groups excluding tert-OH is 2. The molecule has 1 unspecified atom stereocenters. The molecule has 0 fully saturated rings. The van der Waals surface area contributed by atoms with Crippen LogP contribution in [0.25, 0.3) is 0 Å². The maximum Gasteiger partial charge on any atom is 0.0942 e. The summed E-state index contributed by atoms with van der Waals surface area (Å²) in [5, 5.41) is 21.6. The third-order valence-corrected chi connectivity index (χ3v) is 4.35. The van der Waals surface area contributed by atoms with E-state index >= 15 is 0 Å². The molecule has 0 bridgehead atoms. The Kier molecular flexibility index (Phi) is 5.53. The predicted molar refractivity (Wildman–Crippen MR) is 73.2 cm³/mol. The number of anilines is 1. The average molecular weight is 373 g/mol. The van der Waals surface area contributed by atoms with Gasteiger partial charge in [-0.2, -0.15) is 0 Å². The Labute approximate surface area is 116 Å². The number of aryl methyl sites for hydroxylation is 1. The number of rotatable bonds is 4. The molecular weight excluding hydrogens is 361 g/mol. The summed E-state index contributed by atoms with van der Waals surface area (Å²) in [6.07, 6.45) is -0.784. The van der Waals surface area contributed by atoms with Gasteiger partial charge in [0.15, 0.2) is 0 Å². The highest BCUT2D eigenvalue weighted by Crippen LogP contribution is 2.38. The van der Waals surface area contributed by atoms with Gasteiger partial charge in [-0.05, 0) is 50.4 Å². The lowest BCUT2D eigenvalue weighted by atomic mass is 10.2. The van der Waals surface area contributed by atoms with Crippen molar-refractivity contribution in [2.75, 3.05) is 18.5 Å². The third-order valence-electron chi connectivity index (χ3n) is 2.08. The van der Waals surface area contributed by atoms with E-state index in [9.17, 15) is 5.11 Å². The highest BCUT2D eigenvalue weighted by molar-refractivity contribution is 9.11. The monoisotopic (exact) mass is 371 g/mol. The maximum absolute atomic E-state index is 9.25. The molecule has 1 aromatic carbocycles. The van der Waals surface area contributed by atoms with Crippen molar-refractivity contribution in [2.24, 2.45) is 0 Å². The van der Waals surface area contributed by atoms with Gasteiger partial charge in [0, 0.05) is 11.0 Å². The molecule has 1 atom stereocenters. The summed E-state index contributed by atoms with van der Waals surface area (Å²) in [6.45, 7) is 1.93. The lowest BCUT2D eigenvalue weighted by Gasteiger charge is -2.15. The topological polar surface area (TPSA) is 52.5 Å². The van der Waals surface area contributed by atoms with Gasteiger partial charge in [0.25, 0.3) is 0 Å². The summed E-state index contributed by atoms with van der Waals surface area (Å²) in [4.78, 5) is 0. The molecule has 0 heterocycles. The van der Waals surface area contributed by atoms with E-state index in [2.05, 4.69) is 37.2 Å². The van der Waals surface area contributed by atoms with Crippen LogP contribution in [-0.2, 0) is 0 Å². The van der Waals surface area contributed by atoms with Crippen LogP contribution in [0.4, 0.5) is 5.69 Å². The first-order valence-electron chi connectivity index (χ1n) is 4.64. The quantitative estimate of drug-likeness (QED) is 0.712. The fourth-order valence-electron chi connectivity index (χ4n) is 1.21. The molecule has 0 saturated carbocycles. The zero-order valence-electron chi connectivity index (χ0n) is 8.60. The van der Waals surface area contributed by atoms with Crippen molar-refractivity contribution < 1.29 is 10.2 Å². The van der Waals surface area contributed by atoms with Crippen LogP contribution in [0.3, 0.4) is 0 Å². The minimum atomic E-state index is -0.784. The Balaban J connectivity index is 2.92. The SMILES string of the molecule is Cc1cc(Br)c(Cl)c(Br)c1NCC(O)CO. The highest BCUT2D eigenvalue weighted by atomic mass is 79.9. The fraction of sp³-hybridized carbons (Fsp3) is 0.400. The van der Waals surface area contributed by atoms with Crippen LogP contribution in [-0.4, -0.2) is 29.5 Å². The number of benzene rings is 1. The number of hydrogen-bond acceptors (Lipinski definition) is 3. The summed E-state index contributed by atoms with van der Waals surface area (Å²) >= 11 is 12.8. The molecule has 90 valence electrons. The Bertz CT molecular complexity index is 388. The molecule has 0 radical (unpaired) electrons. The van der Waals surface area contributed by atoms with E-state index in [4.69, 9.17) is 16.7 Å². The van der Waals surface area contributed by atoms with Gasteiger partial charge in [-0.3, -0.25) is 0 Å². The maximum atomic E-state index is 9.25. The van der Waals surface area contributed by atoms with Crippen molar-refractivity contribution in [3.8, 4) is 0 Å². The molecule has 0 aliphatic rings. The van der Waals surface area contributed by atoms with Crippen molar-refractivity contribution in [2.45, 2.75) is 13.0 Å². The second kappa shape index (κ2) is 6.21. The molecule has 0 aromatic heterocycles. The van der Waals surface area contributed by atoms with Gasteiger partial charge in [-0.1, -0.05) is 11.6 Å². The standard InChI is InChI=1S/C10H12Br2ClNO2/c1-5-2-7(11)9(13)8(12)10(5)14-3-6(16)4-15/h2,6,14-16H,3-4H2,1H3. The van der Waals surface area contributed by atoms with Crippen molar-refractivity contribution >= 4 is 49.1 Å². The molecule has 0 saturated heterocycles. The predicted octanol–water partition coefficient (Wildman–Crippen LogP) is 2.94. The van der Waals surface area contributed by atoms with E-state index in [0.29, 0.717) is 5.02 Å².